The normalized spacial score (nSPS) is 28.9. The number of nitrogens with one attached hydrogen (secondary N) is 1. The van der Waals surface area contributed by atoms with E-state index in [0.717, 1.165) is 0 Å². The molecule has 0 radical (unpaired) electrons. The van der Waals surface area contributed by atoms with Gasteiger partial charge in [-0.2, -0.15) is 0 Å². The van der Waals surface area contributed by atoms with E-state index in [1.54, 1.807) is 69.3 Å². The minimum atomic E-state index is -1.55. The summed E-state index contributed by atoms with van der Waals surface area (Å²) in [7, 11) is 4.94. The molecule has 11 rings (SSSR count). The van der Waals surface area contributed by atoms with E-state index in [0.29, 0.717) is 27.8 Å². The number of carbonyl (C=O) groups excluding carboxylic acids is 3. The average molecular weight is 846 g/mol. The highest BCUT2D eigenvalue weighted by Gasteiger charge is 2.58. The van der Waals surface area contributed by atoms with Crippen molar-refractivity contribution >= 4 is 40.7 Å². The number of esters is 2. The third-order valence-corrected chi connectivity index (χ3v) is 11.7. The largest absolute Gasteiger partial charge is 0.504 e. The van der Waals surface area contributed by atoms with Crippen LogP contribution in [0.1, 0.15) is 71.1 Å². The van der Waals surface area contributed by atoms with Gasteiger partial charge in [0.15, 0.2) is 47.1 Å². The SMILES string of the molecule is C=C1Oc2cc(OC)cc(C(=O)OC3COC(=O)CC(N)c4cc(O)c(c(Cl)c4)OC4c5ccc3cc5C3=CC=CC34O[C@@H]3OC(C)(C)[C@@H](N(C)C)[C@@H](O)[C@H]3O)c2NC1=O. The number of halogens is 1. The van der Waals surface area contributed by atoms with Crippen molar-refractivity contribution in [2.24, 2.45) is 5.73 Å². The number of fused-ring (bicyclic) bond motifs is 2. The van der Waals surface area contributed by atoms with Crippen LogP contribution in [-0.2, 0) is 28.5 Å². The fourth-order valence-corrected chi connectivity index (χ4v) is 8.90. The zero-order valence-electron chi connectivity index (χ0n) is 33.3. The predicted molar refractivity (Wildman–Crippen MR) is 214 cm³/mol. The van der Waals surface area contributed by atoms with Crippen molar-refractivity contribution < 1.29 is 62.9 Å². The van der Waals surface area contributed by atoms with Crippen LogP contribution in [0.25, 0.3) is 5.57 Å². The monoisotopic (exact) mass is 845 g/mol. The Bertz CT molecular complexity index is 2360. The molecule has 1 saturated heterocycles. The number of carbonyl (C=O) groups is 3. The summed E-state index contributed by atoms with van der Waals surface area (Å²) >= 11 is 6.77. The van der Waals surface area contributed by atoms with Crippen LogP contribution in [0.15, 0.2) is 73.0 Å². The number of amides is 1. The predicted octanol–water partition coefficient (Wildman–Crippen LogP) is 4.37. The molecule has 6 aliphatic heterocycles. The molecule has 1 amide bonds. The summed E-state index contributed by atoms with van der Waals surface area (Å²) < 4.78 is 42.6. The van der Waals surface area contributed by atoms with E-state index in [1.165, 1.54) is 31.4 Å². The van der Waals surface area contributed by atoms with Gasteiger partial charge in [0.1, 0.15) is 24.6 Å². The number of rotatable bonds is 6. The number of anilines is 1. The number of aromatic hydroxyl groups is 1. The smallest absolute Gasteiger partial charge is 0.341 e. The van der Waals surface area contributed by atoms with Gasteiger partial charge in [-0.25, -0.2) is 4.79 Å². The highest BCUT2D eigenvalue weighted by Crippen LogP contribution is 2.58. The van der Waals surface area contributed by atoms with Crippen LogP contribution >= 0.6 is 11.6 Å². The molecule has 8 atom stereocenters. The number of phenolic OH excluding ortho intramolecular Hbond substituents is 1. The van der Waals surface area contributed by atoms with Crippen LogP contribution in [-0.4, -0.2) is 102 Å². The van der Waals surface area contributed by atoms with Crippen molar-refractivity contribution in [3.05, 3.63) is 106 Å². The molecule has 16 nitrogen and oxygen atoms in total. The van der Waals surface area contributed by atoms with Gasteiger partial charge in [-0.15, -0.1) is 0 Å². The molecule has 316 valence electrons. The molecule has 60 heavy (non-hydrogen) atoms. The first-order valence-electron chi connectivity index (χ1n) is 19.1. The zero-order chi connectivity index (χ0) is 43.0. The number of hydrogen-bond donors (Lipinski definition) is 5. The van der Waals surface area contributed by atoms with E-state index in [9.17, 15) is 29.7 Å². The van der Waals surface area contributed by atoms with Gasteiger partial charge < -0.3 is 64.4 Å². The van der Waals surface area contributed by atoms with Gasteiger partial charge in [0.05, 0.1) is 41.4 Å². The standard InChI is InChI=1S/C43H44ClN3O13/c1-19-39(52)46-33-25(15-22(54-6)16-30(33)56-19)40(53)57-31-18-55-32(49)17-28(45)21-13-27(44)36(29(48)14-21)58-38-23-10-9-20(31)12-24(23)26-8-7-11-43(26,38)60-41-35(51)34(50)37(47(4)5)42(2,3)59-41/h7-16,28,31,34-35,37-38,41,48,50-51H,1,17-18,45H2,2-6H3,(H,46,52)/t28?,31?,34-,35+,37-,38?,41-,43?/m0/s1. The van der Waals surface area contributed by atoms with Gasteiger partial charge in [0, 0.05) is 17.7 Å². The van der Waals surface area contributed by atoms with Crippen molar-refractivity contribution in [3.8, 4) is 23.0 Å². The van der Waals surface area contributed by atoms with Crippen molar-refractivity contribution in [2.75, 3.05) is 33.1 Å². The van der Waals surface area contributed by atoms with Gasteiger partial charge in [0.25, 0.3) is 5.91 Å². The van der Waals surface area contributed by atoms with E-state index in [-0.39, 0.29) is 51.5 Å². The molecule has 0 saturated carbocycles. The quantitative estimate of drug-likeness (QED) is 0.172. The summed E-state index contributed by atoms with van der Waals surface area (Å²) in [6.45, 7) is 6.71. The fourth-order valence-electron chi connectivity index (χ4n) is 8.63. The summed E-state index contributed by atoms with van der Waals surface area (Å²) in [5.74, 6) is -2.66. The lowest BCUT2D eigenvalue weighted by molar-refractivity contribution is -0.329. The highest BCUT2D eigenvalue weighted by molar-refractivity contribution is 6.32. The molecular weight excluding hydrogens is 802 g/mol. The number of hydrogen-bond acceptors (Lipinski definition) is 15. The minimum Gasteiger partial charge on any atom is -0.504 e. The van der Waals surface area contributed by atoms with Crippen molar-refractivity contribution in [1.29, 1.82) is 0 Å². The van der Waals surface area contributed by atoms with E-state index in [1.807, 2.05) is 0 Å². The first kappa shape index (κ1) is 41.3. The molecule has 0 spiro atoms. The molecule has 17 heteroatoms. The Kier molecular flexibility index (Phi) is 10.5. The maximum Gasteiger partial charge on any atom is 0.341 e. The fraction of sp³-hybridized carbons (Fsp3) is 0.372. The number of likely N-dealkylation sites (N-methyl/N-ethyl adjacent to an activating group) is 1. The summed E-state index contributed by atoms with van der Waals surface area (Å²) in [5, 5.41) is 36.9. The van der Waals surface area contributed by atoms with Crippen LogP contribution in [0.4, 0.5) is 5.69 Å². The van der Waals surface area contributed by atoms with Crippen LogP contribution in [0, 0.1) is 0 Å². The third-order valence-electron chi connectivity index (χ3n) is 11.4. The molecule has 1 fully saturated rings. The Hall–Kier alpha value is -5.46. The number of phenols is 1. The average Bonchev–Trinajstić information content (AvgIpc) is 3.70. The molecule has 6 heterocycles. The van der Waals surface area contributed by atoms with E-state index in [2.05, 4.69) is 11.9 Å². The van der Waals surface area contributed by atoms with Crippen LogP contribution in [0.2, 0.25) is 5.02 Å². The van der Waals surface area contributed by atoms with Crippen LogP contribution in [0.3, 0.4) is 0 Å². The molecule has 8 aliphatic rings. The number of aliphatic hydroxyl groups excluding tert-OH is 2. The topological polar surface area (TPSA) is 218 Å². The molecule has 0 aromatic heterocycles. The lowest BCUT2D eigenvalue weighted by Crippen LogP contribution is -2.67. The number of nitrogens with two attached hydrogens (primary N) is 1. The Labute approximate surface area is 349 Å². The van der Waals surface area contributed by atoms with Gasteiger partial charge in [-0.05, 0) is 80.5 Å². The lowest BCUT2D eigenvalue weighted by Gasteiger charge is -2.51. The summed E-state index contributed by atoms with van der Waals surface area (Å²) in [4.78, 5) is 41.7. The molecule has 3 aromatic rings. The van der Waals surface area contributed by atoms with Crippen molar-refractivity contribution in [1.82, 2.24) is 4.90 Å². The first-order valence-corrected chi connectivity index (χ1v) is 19.4. The highest BCUT2D eigenvalue weighted by atomic mass is 35.5. The number of aliphatic hydroxyl groups is 2. The second kappa shape index (κ2) is 15.2. The number of benzene rings is 3. The molecule has 2 aliphatic carbocycles. The van der Waals surface area contributed by atoms with Gasteiger partial charge >= 0.3 is 11.9 Å². The Balaban J connectivity index is 1.23. The van der Waals surface area contributed by atoms with E-state index in [4.69, 9.17) is 50.5 Å². The third kappa shape index (κ3) is 6.97. The number of nitrogens with zero attached hydrogens (tertiary/aromatic N) is 1. The molecule has 6 bridgehead atoms. The van der Waals surface area contributed by atoms with Gasteiger partial charge in [-0.3, -0.25) is 9.59 Å². The number of methoxy groups -OCH3 is 1. The maximum absolute atomic E-state index is 14.1. The molecular formula is C43H44ClN3O13. The van der Waals surface area contributed by atoms with Gasteiger partial charge in [-0.1, -0.05) is 42.5 Å². The Morgan fingerprint density at radius 1 is 1.08 bits per heavy atom. The Morgan fingerprint density at radius 3 is 2.57 bits per heavy atom. The van der Waals surface area contributed by atoms with Gasteiger partial charge in [0.2, 0.25) is 0 Å². The van der Waals surface area contributed by atoms with E-state index < -0.39 is 78.4 Å². The zero-order valence-corrected chi connectivity index (χ0v) is 34.0. The molecule has 6 N–H and O–H groups in total. The maximum atomic E-state index is 14.1. The summed E-state index contributed by atoms with van der Waals surface area (Å²) in [6.07, 6.45) is -1.61. The molecule has 4 unspecified atom stereocenters. The Morgan fingerprint density at radius 2 is 1.85 bits per heavy atom. The first-order chi connectivity index (χ1) is 28.4. The number of ether oxygens (including phenoxy) is 7. The lowest BCUT2D eigenvalue weighted by atomic mass is 9.86. The van der Waals surface area contributed by atoms with Crippen molar-refractivity contribution in [3.63, 3.8) is 0 Å². The summed E-state index contributed by atoms with van der Waals surface area (Å²) in [5.41, 5.74) is 6.07. The minimum absolute atomic E-state index is 0.00872. The van der Waals surface area contributed by atoms with Crippen LogP contribution < -0.4 is 25.3 Å². The molecule has 3 aromatic carbocycles. The second-order valence-electron chi connectivity index (χ2n) is 15.9. The second-order valence-corrected chi connectivity index (χ2v) is 16.3. The number of allylic oxidation sites excluding steroid dienone is 2. The summed E-state index contributed by atoms with van der Waals surface area (Å²) in [6, 6.07) is 9.16. The van der Waals surface area contributed by atoms with Crippen molar-refractivity contribution in [2.45, 2.75) is 74.3 Å². The van der Waals surface area contributed by atoms with E-state index >= 15 is 0 Å². The van der Waals surface area contributed by atoms with Crippen LogP contribution in [0.5, 0.6) is 23.0 Å².